The van der Waals surface area contributed by atoms with E-state index in [-0.39, 0.29) is 0 Å². The molecule has 94 valence electrons. The van der Waals surface area contributed by atoms with Gasteiger partial charge in [-0.3, -0.25) is 4.79 Å². The van der Waals surface area contributed by atoms with E-state index in [1.54, 1.807) is 0 Å². The van der Waals surface area contributed by atoms with Gasteiger partial charge in [0, 0.05) is 12.3 Å². The molecule has 1 fully saturated rings. The lowest BCUT2D eigenvalue weighted by molar-refractivity contribution is -0.124. The van der Waals surface area contributed by atoms with Crippen LogP contribution in [0.5, 0.6) is 0 Å². The van der Waals surface area contributed by atoms with Crippen LogP contribution in [0.4, 0.5) is 0 Å². The van der Waals surface area contributed by atoms with Crippen molar-refractivity contribution >= 4 is 5.78 Å². The fourth-order valence-electron chi connectivity index (χ4n) is 2.66. The smallest absolute Gasteiger partial charge is 0.135 e. The number of carbonyl (C=O) groups is 1. The van der Waals surface area contributed by atoms with Gasteiger partial charge in [0.15, 0.2) is 0 Å². The molecule has 0 radical (unpaired) electrons. The Morgan fingerprint density at radius 2 is 2.19 bits per heavy atom. The third-order valence-corrected chi connectivity index (χ3v) is 4.10. The Kier molecular flexibility index (Phi) is 6.04. The second-order valence-corrected chi connectivity index (χ2v) is 5.48. The highest BCUT2D eigenvalue weighted by Crippen LogP contribution is 2.32. The fourth-order valence-corrected chi connectivity index (χ4v) is 2.66. The van der Waals surface area contributed by atoms with Gasteiger partial charge in [-0.1, -0.05) is 33.1 Å². The van der Waals surface area contributed by atoms with E-state index < -0.39 is 0 Å². The summed E-state index contributed by atoms with van der Waals surface area (Å²) in [4.78, 5) is 12.0. The molecule has 16 heavy (non-hydrogen) atoms. The molecule has 1 aliphatic rings. The third-order valence-electron chi connectivity index (χ3n) is 4.10. The first-order valence-corrected chi connectivity index (χ1v) is 6.90. The Balaban J connectivity index is 2.30. The molecule has 0 aromatic rings. The molecule has 0 bridgehead atoms. The molecule has 0 aromatic carbocycles. The van der Waals surface area contributed by atoms with Gasteiger partial charge in [0.2, 0.25) is 0 Å². The molecular weight excluding hydrogens is 198 g/mol. The molecule has 2 nitrogen and oxygen atoms in total. The van der Waals surface area contributed by atoms with Gasteiger partial charge in [-0.05, 0) is 37.6 Å². The topological polar surface area (TPSA) is 43.1 Å². The monoisotopic (exact) mass is 225 g/mol. The largest absolute Gasteiger partial charge is 0.330 e. The van der Waals surface area contributed by atoms with Crippen LogP contribution in [0, 0.1) is 17.8 Å². The number of hydrogen-bond acceptors (Lipinski definition) is 2. The van der Waals surface area contributed by atoms with Crippen LogP contribution < -0.4 is 5.73 Å². The van der Waals surface area contributed by atoms with Crippen LogP contribution in [0.1, 0.15) is 58.8 Å². The summed E-state index contributed by atoms with van der Waals surface area (Å²) in [5, 5.41) is 0. The second kappa shape index (κ2) is 7.05. The summed E-state index contributed by atoms with van der Waals surface area (Å²) in [5.41, 5.74) is 5.57. The van der Waals surface area contributed by atoms with E-state index in [4.69, 9.17) is 5.73 Å². The van der Waals surface area contributed by atoms with Crippen LogP contribution in [0.15, 0.2) is 0 Å². The van der Waals surface area contributed by atoms with Gasteiger partial charge in [-0.25, -0.2) is 0 Å². The normalized spacial score (nSPS) is 27.7. The Bertz CT molecular complexity index is 215. The van der Waals surface area contributed by atoms with E-state index in [9.17, 15) is 4.79 Å². The minimum absolute atomic E-state index is 0.365. The summed E-state index contributed by atoms with van der Waals surface area (Å²) in [6.45, 7) is 5.08. The first-order valence-electron chi connectivity index (χ1n) is 6.90. The van der Waals surface area contributed by atoms with Crippen molar-refractivity contribution in [3.63, 3.8) is 0 Å². The molecule has 3 unspecified atom stereocenters. The van der Waals surface area contributed by atoms with Crippen molar-refractivity contribution in [2.75, 3.05) is 6.54 Å². The Hall–Kier alpha value is -0.370. The molecule has 3 atom stereocenters. The molecule has 0 aromatic heterocycles. The van der Waals surface area contributed by atoms with Gasteiger partial charge in [0.05, 0.1) is 0 Å². The molecule has 2 heteroatoms. The van der Waals surface area contributed by atoms with Crippen molar-refractivity contribution in [3.8, 4) is 0 Å². The average Bonchev–Trinajstić information content (AvgIpc) is 2.35. The van der Waals surface area contributed by atoms with Crippen molar-refractivity contribution < 1.29 is 4.79 Å². The van der Waals surface area contributed by atoms with Crippen molar-refractivity contribution in [1.29, 1.82) is 0 Å². The first-order chi connectivity index (χ1) is 7.67. The minimum atomic E-state index is 0.365. The summed E-state index contributed by atoms with van der Waals surface area (Å²) in [7, 11) is 0. The molecule has 1 rings (SSSR count). The van der Waals surface area contributed by atoms with E-state index in [1.807, 2.05) is 0 Å². The molecule has 0 spiro atoms. The molecule has 0 amide bonds. The molecule has 2 N–H and O–H groups in total. The quantitative estimate of drug-likeness (QED) is 0.754. The highest BCUT2D eigenvalue weighted by molar-refractivity contribution is 5.81. The van der Waals surface area contributed by atoms with E-state index in [1.165, 1.54) is 19.3 Å². The second-order valence-electron chi connectivity index (χ2n) is 5.48. The number of nitrogens with two attached hydrogens (primary N) is 1. The lowest BCUT2D eigenvalue weighted by Crippen LogP contribution is -2.23. The predicted octanol–water partition coefficient (Wildman–Crippen LogP) is 3.15. The van der Waals surface area contributed by atoms with E-state index in [0.717, 1.165) is 31.6 Å². The van der Waals surface area contributed by atoms with Crippen LogP contribution >= 0.6 is 0 Å². The molecule has 0 saturated heterocycles. The summed E-state index contributed by atoms with van der Waals surface area (Å²) in [6.07, 6.45) is 7.82. The summed E-state index contributed by atoms with van der Waals surface area (Å²) in [6, 6.07) is 0. The van der Waals surface area contributed by atoms with Gasteiger partial charge in [0.1, 0.15) is 5.78 Å². The maximum absolute atomic E-state index is 12.0. The summed E-state index contributed by atoms with van der Waals surface area (Å²) >= 11 is 0. The summed E-state index contributed by atoms with van der Waals surface area (Å²) < 4.78 is 0. The van der Waals surface area contributed by atoms with Crippen LogP contribution in [0.3, 0.4) is 0 Å². The third kappa shape index (κ3) is 4.25. The number of ketones is 1. The maximum Gasteiger partial charge on any atom is 0.135 e. The van der Waals surface area contributed by atoms with Gasteiger partial charge >= 0.3 is 0 Å². The number of Topliss-reactive ketones (excluding diaryl/α,β-unsaturated/α-hetero) is 1. The molecule has 0 aliphatic heterocycles. The zero-order chi connectivity index (χ0) is 12.0. The zero-order valence-corrected chi connectivity index (χ0v) is 10.9. The Morgan fingerprint density at radius 1 is 1.44 bits per heavy atom. The van der Waals surface area contributed by atoms with Gasteiger partial charge in [0.25, 0.3) is 0 Å². The highest BCUT2D eigenvalue weighted by Gasteiger charge is 2.25. The van der Waals surface area contributed by atoms with Crippen molar-refractivity contribution in [2.45, 2.75) is 58.8 Å². The molecule has 0 heterocycles. The predicted molar refractivity (Wildman–Crippen MR) is 68.2 cm³/mol. The van der Waals surface area contributed by atoms with E-state index in [0.29, 0.717) is 24.2 Å². The molecule has 1 aliphatic carbocycles. The van der Waals surface area contributed by atoms with Crippen molar-refractivity contribution in [1.82, 2.24) is 0 Å². The minimum Gasteiger partial charge on any atom is -0.330 e. The Morgan fingerprint density at radius 3 is 2.81 bits per heavy atom. The lowest BCUT2D eigenvalue weighted by Gasteiger charge is -2.27. The van der Waals surface area contributed by atoms with Crippen molar-refractivity contribution in [2.24, 2.45) is 23.5 Å². The number of carbonyl (C=O) groups excluding carboxylic acids is 1. The van der Waals surface area contributed by atoms with E-state index in [2.05, 4.69) is 13.8 Å². The Labute approximate surface area is 100.0 Å². The molecular formula is C14H27NO. The summed E-state index contributed by atoms with van der Waals surface area (Å²) in [5.74, 6) is 2.16. The van der Waals surface area contributed by atoms with Crippen LogP contribution in [-0.2, 0) is 4.79 Å². The van der Waals surface area contributed by atoms with Crippen LogP contribution in [-0.4, -0.2) is 12.3 Å². The van der Waals surface area contributed by atoms with Gasteiger partial charge < -0.3 is 5.73 Å². The number of rotatable bonds is 6. The lowest BCUT2D eigenvalue weighted by atomic mass is 9.77. The van der Waals surface area contributed by atoms with E-state index >= 15 is 0 Å². The molecule has 1 saturated carbocycles. The fraction of sp³-hybridized carbons (Fsp3) is 0.929. The highest BCUT2D eigenvalue weighted by atomic mass is 16.1. The average molecular weight is 225 g/mol. The van der Waals surface area contributed by atoms with Gasteiger partial charge in [-0.2, -0.15) is 0 Å². The number of hydrogen-bond donors (Lipinski definition) is 1. The standard InChI is InChI=1S/C14H27NO/c1-3-12-5-4-6-13(9-12)14(16)8-7-11(2)10-15/h11-13H,3-10,15H2,1-2H3. The SMILES string of the molecule is CCC1CCCC(C(=O)CCC(C)CN)C1. The van der Waals surface area contributed by atoms with Crippen LogP contribution in [0.25, 0.3) is 0 Å². The van der Waals surface area contributed by atoms with Crippen molar-refractivity contribution in [3.05, 3.63) is 0 Å². The van der Waals surface area contributed by atoms with Crippen LogP contribution in [0.2, 0.25) is 0 Å². The maximum atomic E-state index is 12.0. The van der Waals surface area contributed by atoms with Gasteiger partial charge in [-0.15, -0.1) is 0 Å². The zero-order valence-electron chi connectivity index (χ0n) is 10.9. The first kappa shape index (κ1) is 13.7.